The Bertz CT molecular complexity index is 298. The first-order valence-electron chi connectivity index (χ1n) is 2.86. The monoisotopic (exact) mass is 153 g/mol. The second-order valence-corrected chi connectivity index (χ2v) is 1.91. The van der Waals surface area contributed by atoms with E-state index >= 15 is 0 Å². The van der Waals surface area contributed by atoms with Crippen molar-refractivity contribution in [3.05, 3.63) is 34.5 Å². The van der Waals surface area contributed by atoms with E-state index in [2.05, 4.69) is 5.18 Å². The third kappa shape index (κ3) is 1.46. The summed E-state index contributed by atoms with van der Waals surface area (Å²) < 4.78 is 12.5. The van der Waals surface area contributed by atoms with Crippen LogP contribution in [0.15, 0.2) is 23.4 Å². The summed E-state index contributed by atoms with van der Waals surface area (Å²) in [6.45, 7) is 0. The van der Waals surface area contributed by atoms with Crippen molar-refractivity contribution in [3.8, 4) is 0 Å². The van der Waals surface area contributed by atoms with Crippen molar-refractivity contribution >= 4 is 12.0 Å². The Labute approximate surface area is 61.8 Å². The van der Waals surface area contributed by atoms with E-state index in [0.717, 1.165) is 12.1 Å². The summed E-state index contributed by atoms with van der Waals surface area (Å²) in [5.41, 5.74) is -0.101. The minimum atomic E-state index is -0.646. The maximum Gasteiger partial charge on any atom is 0.153 e. The summed E-state index contributed by atoms with van der Waals surface area (Å²) in [5, 5.41) is 2.54. The molecule has 11 heavy (non-hydrogen) atoms. The van der Waals surface area contributed by atoms with Crippen molar-refractivity contribution in [1.29, 1.82) is 0 Å². The molecular weight excluding hydrogens is 149 g/mol. The van der Waals surface area contributed by atoms with Crippen LogP contribution in [0.5, 0.6) is 0 Å². The van der Waals surface area contributed by atoms with Crippen LogP contribution in [0.25, 0.3) is 0 Å². The maximum atomic E-state index is 12.5. The Kier molecular flexibility index (Phi) is 2.06. The van der Waals surface area contributed by atoms with Crippen LogP contribution in [-0.4, -0.2) is 6.29 Å². The number of benzene rings is 1. The molecule has 0 aromatic heterocycles. The molecule has 0 atom stereocenters. The second kappa shape index (κ2) is 3.01. The van der Waals surface area contributed by atoms with Crippen LogP contribution < -0.4 is 0 Å². The van der Waals surface area contributed by atoms with Gasteiger partial charge in [0.1, 0.15) is 11.5 Å². The molecule has 0 aliphatic rings. The lowest BCUT2D eigenvalue weighted by Gasteiger charge is -1.92. The van der Waals surface area contributed by atoms with Gasteiger partial charge in [0.05, 0.1) is 5.56 Å². The summed E-state index contributed by atoms with van der Waals surface area (Å²) in [7, 11) is 0. The molecule has 0 saturated carbocycles. The molecule has 0 bridgehead atoms. The molecule has 0 unspecified atom stereocenters. The van der Waals surface area contributed by atoms with Gasteiger partial charge >= 0.3 is 0 Å². The third-order valence-electron chi connectivity index (χ3n) is 1.21. The molecule has 0 heterocycles. The fourth-order valence-corrected chi connectivity index (χ4v) is 0.678. The number of carbonyl (C=O) groups excluding carboxylic acids is 1. The van der Waals surface area contributed by atoms with Crippen molar-refractivity contribution in [2.24, 2.45) is 5.18 Å². The number of nitroso groups, excluding NO2 is 1. The molecule has 56 valence electrons. The molecule has 0 radical (unpaired) electrons. The lowest BCUT2D eigenvalue weighted by Crippen LogP contribution is -1.84. The standard InChI is InChI=1S/C7H4FNO2/c8-7-2-1-6(9-11)3-5(7)4-10/h1-4H. The molecule has 0 N–H and O–H groups in total. The van der Waals surface area contributed by atoms with Gasteiger partial charge in [-0.15, -0.1) is 4.91 Å². The highest BCUT2D eigenvalue weighted by Crippen LogP contribution is 2.15. The number of hydrogen-bond donors (Lipinski definition) is 0. The summed E-state index contributed by atoms with van der Waals surface area (Å²) in [6.07, 6.45) is 0.337. The van der Waals surface area contributed by atoms with Gasteiger partial charge in [0.15, 0.2) is 6.29 Å². The summed E-state index contributed by atoms with van der Waals surface area (Å²) >= 11 is 0. The van der Waals surface area contributed by atoms with E-state index in [1.807, 2.05) is 0 Å². The smallest absolute Gasteiger partial charge is 0.153 e. The fraction of sp³-hybridized carbons (Fsp3) is 0. The lowest BCUT2D eigenvalue weighted by atomic mass is 10.2. The van der Waals surface area contributed by atoms with Crippen LogP contribution in [0, 0.1) is 10.7 Å². The first kappa shape index (κ1) is 7.53. The van der Waals surface area contributed by atoms with E-state index in [4.69, 9.17) is 0 Å². The largest absolute Gasteiger partial charge is 0.298 e. The molecule has 0 aliphatic carbocycles. The Balaban J connectivity index is 3.22. The molecular formula is C7H4FNO2. The van der Waals surface area contributed by atoms with Gasteiger partial charge in [-0.1, -0.05) is 0 Å². The Morgan fingerprint density at radius 2 is 2.18 bits per heavy atom. The predicted octanol–water partition coefficient (Wildman–Crippen LogP) is 2.04. The number of aldehydes is 1. The van der Waals surface area contributed by atoms with Crippen LogP contribution >= 0.6 is 0 Å². The van der Waals surface area contributed by atoms with Crippen LogP contribution in [0.1, 0.15) is 10.4 Å². The molecule has 0 fully saturated rings. The van der Waals surface area contributed by atoms with E-state index in [-0.39, 0.29) is 11.3 Å². The molecule has 0 saturated heterocycles. The van der Waals surface area contributed by atoms with Gasteiger partial charge in [0.25, 0.3) is 0 Å². The summed E-state index contributed by atoms with van der Waals surface area (Å²) in [6, 6.07) is 3.32. The van der Waals surface area contributed by atoms with E-state index in [1.165, 1.54) is 6.07 Å². The zero-order chi connectivity index (χ0) is 8.27. The molecule has 1 aromatic rings. The molecule has 0 amide bonds. The van der Waals surface area contributed by atoms with Crippen molar-refractivity contribution in [2.45, 2.75) is 0 Å². The number of nitrogens with zero attached hydrogens (tertiary/aromatic N) is 1. The first-order chi connectivity index (χ1) is 5.27. The van der Waals surface area contributed by atoms with Crippen LogP contribution in [-0.2, 0) is 0 Å². The highest BCUT2D eigenvalue weighted by Gasteiger charge is 2.01. The van der Waals surface area contributed by atoms with Crippen LogP contribution in [0.4, 0.5) is 10.1 Å². The third-order valence-corrected chi connectivity index (χ3v) is 1.21. The van der Waals surface area contributed by atoms with Crippen molar-refractivity contribution in [1.82, 2.24) is 0 Å². The molecule has 1 aromatic carbocycles. The molecule has 3 nitrogen and oxygen atoms in total. The van der Waals surface area contributed by atoms with Crippen molar-refractivity contribution < 1.29 is 9.18 Å². The zero-order valence-corrected chi connectivity index (χ0v) is 5.45. The highest BCUT2D eigenvalue weighted by molar-refractivity contribution is 5.76. The van der Waals surface area contributed by atoms with Gasteiger partial charge in [-0.3, -0.25) is 4.79 Å². The Morgan fingerprint density at radius 1 is 1.45 bits per heavy atom. The quantitative estimate of drug-likeness (QED) is 0.482. The van der Waals surface area contributed by atoms with Gasteiger partial charge in [-0.2, -0.15) is 0 Å². The molecule has 1 rings (SSSR count). The average Bonchev–Trinajstić information content (AvgIpc) is 2.05. The summed E-state index contributed by atoms with van der Waals surface area (Å²) in [4.78, 5) is 20.0. The fourth-order valence-electron chi connectivity index (χ4n) is 0.678. The second-order valence-electron chi connectivity index (χ2n) is 1.91. The molecule has 4 heteroatoms. The number of carbonyl (C=O) groups is 1. The van der Waals surface area contributed by atoms with Crippen LogP contribution in [0.3, 0.4) is 0 Å². The van der Waals surface area contributed by atoms with Gasteiger partial charge in [0, 0.05) is 0 Å². The minimum Gasteiger partial charge on any atom is -0.298 e. The van der Waals surface area contributed by atoms with Gasteiger partial charge in [-0.25, -0.2) is 4.39 Å². The van der Waals surface area contributed by atoms with Crippen molar-refractivity contribution in [2.75, 3.05) is 0 Å². The Morgan fingerprint density at radius 3 is 2.73 bits per heavy atom. The van der Waals surface area contributed by atoms with E-state index in [9.17, 15) is 14.1 Å². The van der Waals surface area contributed by atoms with E-state index < -0.39 is 5.82 Å². The molecule has 0 aliphatic heterocycles. The van der Waals surface area contributed by atoms with Crippen molar-refractivity contribution in [3.63, 3.8) is 0 Å². The molecule has 0 spiro atoms. The first-order valence-corrected chi connectivity index (χ1v) is 2.86. The predicted molar refractivity (Wildman–Crippen MR) is 37.2 cm³/mol. The minimum absolute atomic E-state index is 0.0495. The summed E-state index contributed by atoms with van der Waals surface area (Å²) in [5.74, 6) is -0.646. The Hall–Kier alpha value is -1.58. The maximum absolute atomic E-state index is 12.5. The number of hydrogen-bond acceptors (Lipinski definition) is 3. The van der Waals surface area contributed by atoms with Gasteiger partial charge in [0.2, 0.25) is 0 Å². The zero-order valence-electron chi connectivity index (χ0n) is 5.45. The SMILES string of the molecule is O=Cc1cc(N=O)ccc1F. The van der Waals surface area contributed by atoms with Crippen LogP contribution in [0.2, 0.25) is 0 Å². The van der Waals surface area contributed by atoms with E-state index in [0.29, 0.717) is 6.29 Å². The number of rotatable bonds is 2. The highest BCUT2D eigenvalue weighted by atomic mass is 19.1. The topological polar surface area (TPSA) is 46.5 Å². The average molecular weight is 153 g/mol. The van der Waals surface area contributed by atoms with Gasteiger partial charge < -0.3 is 0 Å². The number of halogens is 1. The van der Waals surface area contributed by atoms with E-state index in [1.54, 1.807) is 0 Å². The van der Waals surface area contributed by atoms with Gasteiger partial charge in [-0.05, 0) is 23.4 Å². The lowest BCUT2D eigenvalue weighted by molar-refractivity contribution is 0.112. The normalized spacial score (nSPS) is 9.18.